The molecule has 2 aliphatic rings. The third-order valence-corrected chi connectivity index (χ3v) is 4.58. The fourth-order valence-electron chi connectivity index (χ4n) is 3.36. The summed E-state index contributed by atoms with van der Waals surface area (Å²) in [5, 5.41) is 7.87. The molecule has 3 heterocycles. The molecule has 2 aliphatic heterocycles. The fraction of sp³-hybridized carbons (Fsp3) is 0.412. The Morgan fingerprint density at radius 3 is 2.68 bits per heavy atom. The van der Waals surface area contributed by atoms with Crippen LogP contribution in [0.5, 0.6) is 0 Å². The molecule has 4 rings (SSSR count). The Morgan fingerprint density at radius 1 is 1.14 bits per heavy atom. The summed E-state index contributed by atoms with van der Waals surface area (Å²) < 4.78 is 1.91. The molecule has 1 amide bonds. The van der Waals surface area contributed by atoms with Gasteiger partial charge in [0.25, 0.3) is 5.91 Å². The largest absolute Gasteiger partial charge is 0.361 e. The highest BCUT2D eigenvalue weighted by Crippen LogP contribution is 2.31. The Kier molecular flexibility index (Phi) is 3.33. The Morgan fingerprint density at radius 2 is 1.91 bits per heavy atom. The van der Waals surface area contributed by atoms with Gasteiger partial charge in [0.15, 0.2) is 0 Å². The normalized spacial score (nSPS) is 20.5. The first-order chi connectivity index (χ1) is 10.8. The maximum absolute atomic E-state index is 12.7. The van der Waals surface area contributed by atoms with Gasteiger partial charge >= 0.3 is 0 Å². The zero-order chi connectivity index (χ0) is 14.9. The van der Waals surface area contributed by atoms with Crippen molar-refractivity contribution in [2.75, 3.05) is 18.4 Å². The first-order valence-corrected chi connectivity index (χ1v) is 7.99. The van der Waals surface area contributed by atoms with E-state index in [1.165, 1.54) is 12.0 Å². The van der Waals surface area contributed by atoms with Gasteiger partial charge in [-0.2, -0.15) is 5.10 Å². The smallest absolute Gasteiger partial charge is 0.259 e. The van der Waals surface area contributed by atoms with Gasteiger partial charge in [-0.15, -0.1) is 0 Å². The maximum Gasteiger partial charge on any atom is 0.259 e. The standard InChI is InChI=1S/C17H20N4O/c22-17(20-9-5-2-6-10-20)14-11-18-21-12-15(19-16(14)21)13-7-3-1-4-8-13/h1,3-4,7-8,11,15,19H,2,5-6,9-10,12H2. The van der Waals surface area contributed by atoms with E-state index in [9.17, 15) is 4.79 Å². The van der Waals surface area contributed by atoms with E-state index in [2.05, 4.69) is 22.5 Å². The van der Waals surface area contributed by atoms with Gasteiger partial charge in [0.2, 0.25) is 0 Å². The summed E-state index contributed by atoms with van der Waals surface area (Å²) in [7, 11) is 0. The predicted octanol–water partition coefficient (Wildman–Crippen LogP) is 2.68. The third-order valence-electron chi connectivity index (χ3n) is 4.58. The first kappa shape index (κ1) is 13.4. The number of carbonyl (C=O) groups excluding carboxylic acids is 1. The first-order valence-electron chi connectivity index (χ1n) is 7.99. The number of hydrogen-bond donors (Lipinski definition) is 1. The molecule has 1 saturated heterocycles. The third kappa shape index (κ3) is 2.26. The van der Waals surface area contributed by atoms with E-state index >= 15 is 0 Å². The number of aromatic nitrogens is 2. The van der Waals surface area contributed by atoms with E-state index in [0.29, 0.717) is 5.56 Å². The minimum absolute atomic E-state index is 0.113. The van der Waals surface area contributed by atoms with Crippen molar-refractivity contribution in [2.24, 2.45) is 0 Å². The van der Waals surface area contributed by atoms with Crippen LogP contribution in [0.4, 0.5) is 5.82 Å². The van der Waals surface area contributed by atoms with Crippen molar-refractivity contribution in [3.05, 3.63) is 47.7 Å². The van der Waals surface area contributed by atoms with Gasteiger partial charge in [-0.25, -0.2) is 4.68 Å². The summed E-state index contributed by atoms with van der Waals surface area (Å²) >= 11 is 0. The lowest BCUT2D eigenvalue weighted by molar-refractivity contribution is 0.0725. The molecule has 1 atom stereocenters. The predicted molar refractivity (Wildman–Crippen MR) is 84.8 cm³/mol. The second kappa shape index (κ2) is 5.48. The number of anilines is 1. The number of benzene rings is 1. The Balaban J connectivity index is 1.55. The summed E-state index contributed by atoms with van der Waals surface area (Å²) in [6, 6.07) is 10.5. The number of hydrogen-bond acceptors (Lipinski definition) is 3. The number of rotatable bonds is 2. The lowest BCUT2D eigenvalue weighted by atomic mass is 10.1. The monoisotopic (exact) mass is 296 g/mol. The number of likely N-dealkylation sites (tertiary alicyclic amines) is 1. The molecule has 0 saturated carbocycles. The van der Waals surface area contributed by atoms with Gasteiger partial charge in [-0.05, 0) is 24.8 Å². The number of amides is 1. The molecule has 1 unspecified atom stereocenters. The van der Waals surface area contributed by atoms with Gasteiger partial charge in [0.1, 0.15) is 11.4 Å². The van der Waals surface area contributed by atoms with E-state index < -0.39 is 0 Å². The van der Waals surface area contributed by atoms with E-state index in [1.807, 2.05) is 27.8 Å². The van der Waals surface area contributed by atoms with Crippen molar-refractivity contribution in [3.63, 3.8) is 0 Å². The summed E-state index contributed by atoms with van der Waals surface area (Å²) in [6.45, 7) is 2.50. The lowest BCUT2D eigenvalue weighted by Crippen LogP contribution is -2.35. The van der Waals surface area contributed by atoms with Crippen LogP contribution in [-0.2, 0) is 6.54 Å². The number of piperidine rings is 1. The molecule has 1 aromatic heterocycles. The average molecular weight is 296 g/mol. The van der Waals surface area contributed by atoms with Crippen LogP contribution < -0.4 is 5.32 Å². The van der Waals surface area contributed by atoms with E-state index in [-0.39, 0.29) is 11.9 Å². The summed E-state index contributed by atoms with van der Waals surface area (Å²) in [4.78, 5) is 14.7. The van der Waals surface area contributed by atoms with Crippen LogP contribution in [0.1, 0.15) is 41.2 Å². The molecule has 0 spiro atoms. The lowest BCUT2D eigenvalue weighted by Gasteiger charge is -2.26. The quantitative estimate of drug-likeness (QED) is 0.927. The molecule has 0 aliphatic carbocycles. The zero-order valence-electron chi connectivity index (χ0n) is 12.5. The zero-order valence-corrected chi connectivity index (χ0v) is 12.5. The molecule has 2 aromatic rings. The Hall–Kier alpha value is -2.30. The van der Waals surface area contributed by atoms with Crippen molar-refractivity contribution < 1.29 is 4.79 Å². The van der Waals surface area contributed by atoms with Crippen molar-refractivity contribution in [1.29, 1.82) is 0 Å². The molecular formula is C17H20N4O. The van der Waals surface area contributed by atoms with Crippen LogP contribution in [-0.4, -0.2) is 33.7 Å². The van der Waals surface area contributed by atoms with Gasteiger partial charge in [0.05, 0.1) is 18.8 Å². The second-order valence-corrected chi connectivity index (χ2v) is 6.05. The van der Waals surface area contributed by atoms with Crippen molar-refractivity contribution in [1.82, 2.24) is 14.7 Å². The minimum atomic E-state index is 0.113. The molecular weight excluding hydrogens is 276 g/mol. The number of nitrogens with one attached hydrogen (secondary N) is 1. The van der Waals surface area contributed by atoms with E-state index in [0.717, 1.165) is 38.3 Å². The van der Waals surface area contributed by atoms with Crippen molar-refractivity contribution in [2.45, 2.75) is 31.8 Å². The number of carbonyl (C=O) groups is 1. The molecule has 1 fully saturated rings. The molecule has 114 valence electrons. The van der Waals surface area contributed by atoms with Gasteiger partial charge < -0.3 is 10.2 Å². The van der Waals surface area contributed by atoms with Gasteiger partial charge in [0, 0.05) is 13.1 Å². The molecule has 22 heavy (non-hydrogen) atoms. The van der Waals surface area contributed by atoms with Crippen LogP contribution >= 0.6 is 0 Å². The maximum atomic E-state index is 12.7. The van der Waals surface area contributed by atoms with Crippen LogP contribution in [0.15, 0.2) is 36.5 Å². The topological polar surface area (TPSA) is 50.2 Å². The van der Waals surface area contributed by atoms with Crippen LogP contribution in [0.25, 0.3) is 0 Å². The Bertz CT molecular complexity index is 673. The average Bonchev–Trinajstić information content (AvgIpc) is 3.16. The number of fused-ring (bicyclic) bond motifs is 1. The summed E-state index contributed by atoms with van der Waals surface area (Å²) in [5.41, 5.74) is 1.93. The van der Waals surface area contributed by atoms with E-state index in [1.54, 1.807) is 6.20 Å². The molecule has 0 radical (unpaired) electrons. The number of nitrogens with zero attached hydrogens (tertiary/aromatic N) is 3. The summed E-state index contributed by atoms with van der Waals surface area (Å²) in [6.07, 6.45) is 5.15. The highest BCUT2D eigenvalue weighted by Gasteiger charge is 2.30. The van der Waals surface area contributed by atoms with Crippen molar-refractivity contribution >= 4 is 11.7 Å². The highest BCUT2D eigenvalue weighted by atomic mass is 16.2. The molecule has 1 aromatic carbocycles. The fourth-order valence-corrected chi connectivity index (χ4v) is 3.36. The van der Waals surface area contributed by atoms with Crippen LogP contribution in [0.3, 0.4) is 0 Å². The van der Waals surface area contributed by atoms with Gasteiger partial charge in [-0.1, -0.05) is 30.3 Å². The molecule has 1 N–H and O–H groups in total. The Labute approximate surface area is 129 Å². The highest BCUT2D eigenvalue weighted by molar-refractivity contribution is 5.99. The van der Waals surface area contributed by atoms with Gasteiger partial charge in [-0.3, -0.25) is 4.79 Å². The van der Waals surface area contributed by atoms with Crippen LogP contribution in [0.2, 0.25) is 0 Å². The summed E-state index contributed by atoms with van der Waals surface area (Å²) in [5.74, 6) is 0.978. The van der Waals surface area contributed by atoms with Crippen molar-refractivity contribution in [3.8, 4) is 0 Å². The van der Waals surface area contributed by atoms with Crippen LogP contribution in [0, 0.1) is 0 Å². The molecule has 0 bridgehead atoms. The molecule has 5 nitrogen and oxygen atoms in total. The minimum Gasteiger partial charge on any atom is -0.361 e. The second-order valence-electron chi connectivity index (χ2n) is 6.05. The SMILES string of the molecule is O=C(c1cnn2c1NC(c1ccccc1)C2)N1CCCCC1. The molecule has 5 heteroatoms. The van der Waals surface area contributed by atoms with E-state index in [4.69, 9.17) is 0 Å².